The van der Waals surface area contributed by atoms with Crippen molar-refractivity contribution >= 4 is 28.8 Å². The van der Waals surface area contributed by atoms with Gasteiger partial charge in [0.15, 0.2) is 0 Å². The number of halogens is 1. The second-order valence-electron chi connectivity index (χ2n) is 4.33. The first-order chi connectivity index (χ1) is 9.19. The molecule has 2 heterocycles. The largest absolute Gasteiger partial charge is 0.355 e. The summed E-state index contributed by atoms with van der Waals surface area (Å²) in [6, 6.07) is 10.1. The van der Waals surface area contributed by atoms with Crippen LogP contribution in [0, 0.1) is 0 Å². The average molecular weight is 296 g/mol. The minimum absolute atomic E-state index is 0.809. The molecule has 0 atom stereocenters. The van der Waals surface area contributed by atoms with Gasteiger partial charge >= 0.3 is 0 Å². The molecule has 0 fully saturated rings. The van der Waals surface area contributed by atoms with Crippen LogP contribution in [-0.4, -0.2) is 18.6 Å². The summed E-state index contributed by atoms with van der Waals surface area (Å²) in [6.45, 7) is 4.68. The van der Waals surface area contributed by atoms with Crippen molar-refractivity contribution < 1.29 is 0 Å². The predicted molar refractivity (Wildman–Crippen MR) is 83.1 cm³/mol. The van der Waals surface area contributed by atoms with Crippen LogP contribution >= 0.6 is 22.9 Å². The Kier molecular flexibility index (Phi) is 5.19. The SMILES string of the molecule is CCNCc1cccc(N(C)Cc2ccc(Cl)s2)n1. The number of nitrogens with zero attached hydrogens (tertiary/aromatic N) is 2. The number of anilines is 1. The molecule has 1 N–H and O–H groups in total. The van der Waals surface area contributed by atoms with Crippen LogP contribution in [0.5, 0.6) is 0 Å². The Morgan fingerprint density at radius 1 is 1.32 bits per heavy atom. The summed E-state index contributed by atoms with van der Waals surface area (Å²) in [5.41, 5.74) is 1.07. The summed E-state index contributed by atoms with van der Waals surface area (Å²) in [6.07, 6.45) is 0. The molecule has 0 saturated carbocycles. The summed E-state index contributed by atoms with van der Waals surface area (Å²) >= 11 is 7.56. The van der Waals surface area contributed by atoms with E-state index in [1.165, 1.54) is 4.88 Å². The van der Waals surface area contributed by atoms with Gasteiger partial charge in [-0.15, -0.1) is 11.3 Å². The van der Waals surface area contributed by atoms with Crippen LogP contribution in [0.2, 0.25) is 4.34 Å². The lowest BCUT2D eigenvalue weighted by atomic mass is 10.3. The van der Waals surface area contributed by atoms with Crippen molar-refractivity contribution in [1.82, 2.24) is 10.3 Å². The summed E-state index contributed by atoms with van der Waals surface area (Å²) in [4.78, 5) is 8.03. The number of hydrogen-bond donors (Lipinski definition) is 1. The van der Waals surface area contributed by atoms with Gasteiger partial charge in [-0.2, -0.15) is 0 Å². The van der Waals surface area contributed by atoms with Crippen molar-refractivity contribution in [1.29, 1.82) is 0 Å². The van der Waals surface area contributed by atoms with Crippen molar-refractivity contribution in [2.24, 2.45) is 0 Å². The minimum atomic E-state index is 0.809. The number of thiophene rings is 1. The summed E-state index contributed by atoms with van der Waals surface area (Å²) < 4.78 is 0.831. The molecule has 19 heavy (non-hydrogen) atoms. The molecular formula is C14H18ClN3S. The lowest BCUT2D eigenvalue weighted by molar-refractivity contribution is 0.708. The maximum atomic E-state index is 5.95. The zero-order valence-corrected chi connectivity index (χ0v) is 12.8. The molecule has 0 aliphatic heterocycles. The lowest BCUT2D eigenvalue weighted by Gasteiger charge is -2.18. The fourth-order valence-corrected chi connectivity index (χ4v) is 2.92. The first kappa shape index (κ1) is 14.3. The third-order valence-electron chi connectivity index (χ3n) is 2.76. The molecular weight excluding hydrogens is 278 g/mol. The Labute approximate surface area is 123 Å². The smallest absolute Gasteiger partial charge is 0.128 e. The van der Waals surface area contributed by atoms with Crippen LogP contribution in [0.4, 0.5) is 5.82 Å². The lowest BCUT2D eigenvalue weighted by Crippen LogP contribution is -2.19. The van der Waals surface area contributed by atoms with Gasteiger partial charge in [0, 0.05) is 18.5 Å². The fraction of sp³-hybridized carbons (Fsp3) is 0.357. The number of rotatable bonds is 6. The van der Waals surface area contributed by atoms with Crippen LogP contribution in [0.25, 0.3) is 0 Å². The molecule has 0 saturated heterocycles. The van der Waals surface area contributed by atoms with Crippen LogP contribution in [0.3, 0.4) is 0 Å². The van der Waals surface area contributed by atoms with E-state index in [9.17, 15) is 0 Å². The normalized spacial score (nSPS) is 10.7. The van der Waals surface area contributed by atoms with Crippen LogP contribution < -0.4 is 10.2 Å². The van der Waals surface area contributed by atoms with Crippen molar-refractivity contribution in [2.75, 3.05) is 18.5 Å². The molecule has 0 amide bonds. The Bertz CT molecular complexity index is 527. The van der Waals surface area contributed by atoms with Crippen molar-refractivity contribution in [3.63, 3.8) is 0 Å². The topological polar surface area (TPSA) is 28.2 Å². The van der Waals surface area contributed by atoms with Gasteiger partial charge in [-0.1, -0.05) is 24.6 Å². The van der Waals surface area contributed by atoms with E-state index in [-0.39, 0.29) is 0 Å². The summed E-state index contributed by atoms with van der Waals surface area (Å²) in [7, 11) is 2.05. The molecule has 2 aromatic heterocycles. The van der Waals surface area contributed by atoms with Crippen LogP contribution in [0.15, 0.2) is 30.3 Å². The molecule has 0 unspecified atom stereocenters. The van der Waals surface area contributed by atoms with E-state index >= 15 is 0 Å². The predicted octanol–water partition coefficient (Wildman–Crippen LogP) is 3.54. The Hall–Kier alpha value is -1.10. The Morgan fingerprint density at radius 3 is 2.84 bits per heavy atom. The molecule has 0 bridgehead atoms. The number of nitrogens with one attached hydrogen (secondary N) is 1. The van der Waals surface area contributed by atoms with Crippen molar-refractivity contribution in [3.05, 3.63) is 45.2 Å². The Balaban J connectivity index is 2.03. The Morgan fingerprint density at radius 2 is 2.16 bits per heavy atom. The van der Waals surface area contributed by atoms with Crippen molar-refractivity contribution in [3.8, 4) is 0 Å². The third-order valence-corrected chi connectivity index (χ3v) is 3.98. The van der Waals surface area contributed by atoms with Crippen LogP contribution in [0.1, 0.15) is 17.5 Å². The molecule has 2 rings (SSSR count). The standard InChI is InChI=1S/C14H18ClN3S/c1-3-16-9-11-5-4-6-14(17-11)18(2)10-12-7-8-13(15)19-12/h4-8,16H,3,9-10H2,1-2H3. The van der Waals surface area contributed by atoms with Crippen molar-refractivity contribution in [2.45, 2.75) is 20.0 Å². The zero-order chi connectivity index (χ0) is 13.7. The molecule has 0 radical (unpaired) electrons. The van der Waals surface area contributed by atoms with Gasteiger partial charge in [0.1, 0.15) is 5.82 Å². The average Bonchev–Trinajstić information content (AvgIpc) is 2.82. The first-order valence-electron chi connectivity index (χ1n) is 6.31. The van der Waals surface area contributed by atoms with Gasteiger partial charge in [0.2, 0.25) is 0 Å². The quantitative estimate of drug-likeness (QED) is 0.883. The maximum Gasteiger partial charge on any atom is 0.128 e. The van der Waals surface area contributed by atoms with Gasteiger partial charge in [-0.3, -0.25) is 0 Å². The van der Waals surface area contributed by atoms with E-state index in [4.69, 9.17) is 11.6 Å². The molecule has 3 nitrogen and oxygen atoms in total. The van der Waals surface area contributed by atoms with Gasteiger partial charge in [0.05, 0.1) is 16.6 Å². The van der Waals surface area contributed by atoms with Crippen LogP contribution in [-0.2, 0) is 13.1 Å². The fourth-order valence-electron chi connectivity index (χ4n) is 1.78. The minimum Gasteiger partial charge on any atom is -0.355 e. The third kappa shape index (κ3) is 4.20. The monoisotopic (exact) mass is 295 g/mol. The highest BCUT2D eigenvalue weighted by molar-refractivity contribution is 7.16. The molecule has 5 heteroatoms. The van der Waals surface area contributed by atoms with E-state index in [2.05, 4.69) is 28.2 Å². The second-order valence-corrected chi connectivity index (χ2v) is 6.13. The van der Waals surface area contributed by atoms with Gasteiger partial charge in [-0.05, 0) is 30.8 Å². The number of pyridine rings is 1. The molecule has 0 aliphatic carbocycles. The van der Waals surface area contributed by atoms with E-state index in [0.717, 1.165) is 35.5 Å². The van der Waals surface area contributed by atoms with Gasteiger partial charge < -0.3 is 10.2 Å². The highest BCUT2D eigenvalue weighted by Gasteiger charge is 2.06. The zero-order valence-electron chi connectivity index (χ0n) is 11.2. The number of aromatic nitrogens is 1. The highest BCUT2D eigenvalue weighted by Crippen LogP contribution is 2.23. The molecule has 0 aliphatic rings. The summed E-state index contributed by atoms with van der Waals surface area (Å²) in [5, 5.41) is 3.29. The van der Waals surface area contributed by atoms with E-state index < -0.39 is 0 Å². The molecule has 102 valence electrons. The van der Waals surface area contributed by atoms with E-state index in [0.29, 0.717) is 0 Å². The highest BCUT2D eigenvalue weighted by atomic mass is 35.5. The van der Waals surface area contributed by atoms with E-state index in [1.807, 2.05) is 31.3 Å². The summed E-state index contributed by atoms with van der Waals surface area (Å²) in [5.74, 6) is 0.986. The molecule has 2 aromatic rings. The molecule has 0 aromatic carbocycles. The maximum absolute atomic E-state index is 5.95. The number of hydrogen-bond acceptors (Lipinski definition) is 4. The van der Waals surface area contributed by atoms with Gasteiger partial charge in [-0.25, -0.2) is 4.98 Å². The second kappa shape index (κ2) is 6.89. The first-order valence-corrected chi connectivity index (χ1v) is 7.50. The van der Waals surface area contributed by atoms with Gasteiger partial charge in [0.25, 0.3) is 0 Å². The molecule has 0 spiro atoms. The van der Waals surface area contributed by atoms with E-state index in [1.54, 1.807) is 11.3 Å².